The minimum Gasteiger partial charge on any atom is -0.493 e. The predicted molar refractivity (Wildman–Crippen MR) is 96.3 cm³/mol. The maximum absolute atomic E-state index is 13.0. The molecule has 1 unspecified atom stereocenters. The van der Waals surface area contributed by atoms with Crippen molar-refractivity contribution in [3.63, 3.8) is 0 Å². The Balaban J connectivity index is 1.85. The van der Waals surface area contributed by atoms with Crippen molar-refractivity contribution in [1.29, 1.82) is 0 Å². The summed E-state index contributed by atoms with van der Waals surface area (Å²) in [7, 11) is 1.52. The third-order valence-electron chi connectivity index (χ3n) is 4.49. The van der Waals surface area contributed by atoms with E-state index in [1.54, 1.807) is 23.1 Å². The number of fused-ring (bicyclic) bond motifs is 1. The van der Waals surface area contributed by atoms with E-state index in [1.807, 2.05) is 24.3 Å². The first-order valence-electron chi connectivity index (χ1n) is 8.61. The van der Waals surface area contributed by atoms with E-state index in [9.17, 15) is 9.90 Å². The first-order chi connectivity index (χ1) is 12.6. The van der Waals surface area contributed by atoms with Gasteiger partial charge in [-0.3, -0.25) is 4.79 Å². The first kappa shape index (κ1) is 18.2. The van der Waals surface area contributed by atoms with Crippen LogP contribution in [0.4, 0.5) is 0 Å². The number of aliphatic hydroxyl groups is 2. The number of hydrogen-bond acceptors (Lipinski definition) is 5. The van der Waals surface area contributed by atoms with Gasteiger partial charge in [0.15, 0.2) is 11.5 Å². The highest BCUT2D eigenvalue weighted by Crippen LogP contribution is 2.30. The van der Waals surface area contributed by atoms with Gasteiger partial charge in [-0.05, 0) is 35.7 Å². The number of carbonyl (C=O) groups is 1. The quantitative estimate of drug-likeness (QED) is 0.857. The van der Waals surface area contributed by atoms with Crippen LogP contribution >= 0.6 is 0 Å². The Labute approximate surface area is 152 Å². The first-order valence-corrected chi connectivity index (χ1v) is 8.61. The number of amides is 1. The standard InChI is InChI=1S/C20H23NO5/c1-25-18-7-6-14(12-19(18)26-11-10-22)20(24)21-9-8-17(23)16-5-3-2-4-15(16)13-21/h2-7,12,17,22-23H,8-11,13H2,1H3. The summed E-state index contributed by atoms with van der Waals surface area (Å²) in [5.74, 6) is 0.791. The summed E-state index contributed by atoms with van der Waals surface area (Å²) in [6, 6.07) is 12.7. The molecule has 1 aliphatic heterocycles. The van der Waals surface area contributed by atoms with Gasteiger partial charge >= 0.3 is 0 Å². The summed E-state index contributed by atoms with van der Waals surface area (Å²) < 4.78 is 10.7. The molecule has 1 heterocycles. The van der Waals surface area contributed by atoms with Gasteiger partial charge in [-0.1, -0.05) is 24.3 Å². The molecule has 26 heavy (non-hydrogen) atoms. The molecule has 0 saturated carbocycles. The van der Waals surface area contributed by atoms with Crippen molar-refractivity contribution >= 4 is 5.91 Å². The molecular weight excluding hydrogens is 334 g/mol. The van der Waals surface area contributed by atoms with Gasteiger partial charge in [-0.25, -0.2) is 0 Å². The van der Waals surface area contributed by atoms with Crippen LogP contribution in [-0.4, -0.2) is 47.9 Å². The molecule has 2 N–H and O–H groups in total. The van der Waals surface area contributed by atoms with E-state index in [0.717, 1.165) is 11.1 Å². The zero-order valence-electron chi connectivity index (χ0n) is 14.7. The Morgan fingerprint density at radius 1 is 1.23 bits per heavy atom. The van der Waals surface area contributed by atoms with E-state index in [1.165, 1.54) is 7.11 Å². The van der Waals surface area contributed by atoms with Crippen LogP contribution in [0.15, 0.2) is 42.5 Å². The third-order valence-corrected chi connectivity index (χ3v) is 4.49. The molecule has 6 nitrogen and oxygen atoms in total. The Morgan fingerprint density at radius 3 is 2.81 bits per heavy atom. The molecule has 0 spiro atoms. The number of carbonyl (C=O) groups excluding carboxylic acids is 1. The molecular formula is C20H23NO5. The number of aliphatic hydroxyl groups excluding tert-OH is 2. The van der Waals surface area contributed by atoms with Crippen molar-refractivity contribution < 1.29 is 24.5 Å². The number of ether oxygens (including phenoxy) is 2. The van der Waals surface area contributed by atoms with E-state index in [4.69, 9.17) is 14.6 Å². The molecule has 2 aromatic rings. The Morgan fingerprint density at radius 2 is 2.04 bits per heavy atom. The summed E-state index contributed by atoms with van der Waals surface area (Å²) in [5.41, 5.74) is 2.31. The number of methoxy groups -OCH3 is 1. The minimum atomic E-state index is -0.566. The largest absolute Gasteiger partial charge is 0.493 e. The fourth-order valence-corrected chi connectivity index (χ4v) is 3.16. The molecule has 1 aliphatic rings. The average Bonchev–Trinajstić information content (AvgIpc) is 2.85. The number of benzene rings is 2. The summed E-state index contributed by atoms with van der Waals surface area (Å²) in [6.45, 7) is 0.915. The molecule has 1 amide bonds. The molecule has 6 heteroatoms. The normalized spacial score (nSPS) is 16.6. The molecule has 0 fully saturated rings. The fraction of sp³-hybridized carbons (Fsp3) is 0.350. The van der Waals surface area contributed by atoms with Crippen LogP contribution in [0.3, 0.4) is 0 Å². The molecule has 0 aromatic heterocycles. The molecule has 1 atom stereocenters. The molecule has 3 rings (SSSR count). The van der Waals surface area contributed by atoms with E-state index >= 15 is 0 Å². The fourth-order valence-electron chi connectivity index (χ4n) is 3.16. The highest BCUT2D eigenvalue weighted by Gasteiger charge is 2.25. The highest BCUT2D eigenvalue weighted by molar-refractivity contribution is 5.95. The maximum Gasteiger partial charge on any atom is 0.254 e. The van der Waals surface area contributed by atoms with Gasteiger partial charge in [0, 0.05) is 18.7 Å². The molecule has 138 valence electrons. The third kappa shape index (κ3) is 3.81. The molecule has 2 aromatic carbocycles. The summed E-state index contributed by atoms with van der Waals surface area (Å²) in [5, 5.41) is 19.3. The van der Waals surface area contributed by atoms with E-state index < -0.39 is 6.10 Å². The van der Waals surface area contributed by atoms with Crippen LogP contribution in [-0.2, 0) is 6.54 Å². The monoisotopic (exact) mass is 357 g/mol. The van der Waals surface area contributed by atoms with Crippen LogP contribution in [0, 0.1) is 0 Å². The lowest BCUT2D eigenvalue weighted by molar-refractivity contribution is 0.0722. The molecule has 0 aliphatic carbocycles. The highest BCUT2D eigenvalue weighted by atomic mass is 16.5. The smallest absolute Gasteiger partial charge is 0.254 e. The van der Waals surface area contributed by atoms with Crippen molar-refractivity contribution in [3.05, 3.63) is 59.2 Å². The molecule has 0 saturated heterocycles. The predicted octanol–water partition coefficient (Wildman–Crippen LogP) is 2.15. The van der Waals surface area contributed by atoms with E-state index in [2.05, 4.69) is 0 Å². The van der Waals surface area contributed by atoms with Crippen LogP contribution in [0.5, 0.6) is 11.5 Å². The SMILES string of the molecule is COc1ccc(C(=O)N2CCC(O)c3ccccc3C2)cc1OCCO. The van der Waals surface area contributed by atoms with Crippen LogP contribution in [0.1, 0.15) is 34.0 Å². The number of nitrogens with zero attached hydrogens (tertiary/aromatic N) is 1. The lowest BCUT2D eigenvalue weighted by Gasteiger charge is -2.21. The van der Waals surface area contributed by atoms with Crippen LogP contribution < -0.4 is 9.47 Å². The second-order valence-electron chi connectivity index (χ2n) is 6.17. The van der Waals surface area contributed by atoms with E-state index in [-0.39, 0.29) is 19.1 Å². The zero-order valence-corrected chi connectivity index (χ0v) is 14.7. The zero-order chi connectivity index (χ0) is 18.5. The van der Waals surface area contributed by atoms with Crippen molar-refractivity contribution in [1.82, 2.24) is 4.90 Å². The second kappa shape index (κ2) is 8.21. The summed E-state index contributed by atoms with van der Waals surface area (Å²) in [6.07, 6.45) is -0.0735. The Kier molecular flexibility index (Phi) is 5.75. The van der Waals surface area contributed by atoms with Crippen molar-refractivity contribution in [2.45, 2.75) is 19.1 Å². The second-order valence-corrected chi connectivity index (χ2v) is 6.17. The average molecular weight is 357 g/mol. The summed E-state index contributed by atoms with van der Waals surface area (Å²) in [4.78, 5) is 14.7. The van der Waals surface area contributed by atoms with Gasteiger partial charge in [0.1, 0.15) is 6.61 Å². The minimum absolute atomic E-state index is 0.122. The van der Waals surface area contributed by atoms with Gasteiger partial charge in [0.2, 0.25) is 0 Å². The van der Waals surface area contributed by atoms with Crippen molar-refractivity contribution in [2.75, 3.05) is 26.9 Å². The summed E-state index contributed by atoms with van der Waals surface area (Å²) >= 11 is 0. The van der Waals surface area contributed by atoms with Gasteiger partial charge < -0.3 is 24.6 Å². The number of rotatable bonds is 5. The van der Waals surface area contributed by atoms with Crippen LogP contribution in [0.25, 0.3) is 0 Å². The molecule has 0 bridgehead atoms. The molecule has 0 radical (unpaired) electrons. The topological polar surface area (TPSA) is 79.2 Å². The van der Waals surface area contributed by atoms with Gasteiger partial charge in [0.05, 0.1) is 19.8 Å². The van der Waals surface area contributed by atoms with Gasteiger partial charge in [0.25, 0.3) is 5.91 Å². The lowest BCUT2D eigenvalue weighted by atomic mass is 10.0. The Hall–Kier alpha value is -2.57. The van der Waals surface area contributed by atoms with Crippen LogP contribution in [0.2, 0.25) is 0 Å². The maximum atomic E-state index is 13.0. The van der Waals surface area contributed by atoms with E-state index in [0.29, 0.717) is 36.6 Å². The van der Waals surface area contributed by atoms with Gasteiger partial charge in [-0.2, -0.15) is 0 Å². The van der Waals surface area contributed by atoms with Gasteiger partial charge in [-0.15, -0.1) is 0 Å². The lowest BCUT2D eigenvalue weighted by Crippen LogP contribution is -2.30. The van der Waals surface area contributed by atoms with Crippen molar-refractivity contribution in [2.24, 2.45) is 0 Å². The van der Waals surface area contributed by atoms with Crippen molar-refractivity contribution in [3.8, 4) is 11.5 Å². The number of hydrogen-bond donors (Lipinski definition) is 2. The Bertz CT molecular complexity index is 777.